The minimum atomic E-state index is -4.19. The molecular formula is C14H18N2O10S2. The Labute approximate surface area is 160 Å². The van der Waals surface area contributed by atoms with Crippen LogP contribution >= 0.6 is 0 Å². The van der Waals surface area contributed by atoms with E-state index in [1.54, 1.807) is 13.8 Å². The first-order valence-corrected chi connectivity index (χ1v) is 11.7. The van der Waals surface area contributed by atoms with Gasteiger partial charge in [0.1, 0.15) is 0 Å². The van der Waals surface area contributed by atoms with Crippen molar-refractivity contribution in [2.75, 3.05) is 11.5 Å². The van der Waals surface area contributed by atoms with Gasteiger partial charge in [0.15, 0.2) is 0 Å². The molecule has 0 unspecified atom stereocenters. The minimum Gasteiger partial charge on any atom is -0.272 e. The predicted molar refractivity (Wildman–Crippen MR) is 88.0 cm³/mol. The van der Waals surface area contributed by atoms with Gasteiger partial charge >= 0.3 is 0 Å². The third-order valence-electron chi connectivity index (χ3n) is 4.77. The van der Waals surface area contributed by atoms with Crippen LogP contribution in [0.25, 0.3) is 0 Å². The molecule has 0 spiro atoms. The van der Waals surface area contributed by atoms with Gasteiger partial charge in [0.05, 0.1) is 35.2 Å². The van der Waals surface area contributed by atoms with E-state index < -0.39 is 79.0 Å². The Morgan fingerprint density at radius 3 is 1.11 bits per heavy atom. The van der Waals surface area contributed by atoms with E-state index in [0.29, 0.717) is 0 Å². The molecule has 4 amide bonds. The van der Waals surface area contributed by atoms with Crippen LogP contribution < -0.4 is 0 Å². The maximum absolute atomic E-state index is 12.4. The lowest BCUT2D eigenvalue weighted by molar-refractivity contribution is -0.169. The molecule has 0 N–H and O–H groups in total. The van der Waals surface area contributed by atoms with Crippen LogP contribution in [0.1, 0.15) is 26.7 Å². The second kappa shape index (κ2) is 6.86. The van der Waals surface area contributed by atoms with E-state index in [9.17, 15) is 36.0 Å². The number of amides is 4. The third kappa shape index (κ3) is 3.13. The molecule has 3 rings (SSSR count). The van der Waals surface area contributed by atoms with Crippen LogP contribution in [0, 0.1) is 23.7 Å². The number of nitrogens with zero attached hydrogens (tertiary/aromatic N) is 2. The molecule has 2 saturated heterocycles. The van der Waals surface area contributed by atoms with Gasteiger partial charge in [0.25, 0.3) is 43.9 Å². The summed E-state index contributed by atoms with van der Waals surface area (Å²) in [5.74, 6) is -10.3. The predicted octanol–water partition coefficient (Wildman–Crippen LogP) is -1.45. The van der Waals surface area contributed by atoms with E-state index in [4.69, 9.17) is 0 Å². The fraction of sp³-hybridized carbons (Fsp3) is 0.714. The first kappa shape index (κ1) is 20.8. The zero-order valence-corrected chi connectivity index (χ0v) is 16.6. The molecule has 0 radical (unpaired) electrons. The first-order chi connectivity index (χ1) is 13.0. The standard InChI is InChI=1S/C14H18N2O10S2/c1-3-5-27(21,22)25-15-11(17)7-8(12(15)18)10-9(7)13(19)16(14(10)20)26-28(23,24)6-4-2/h7-10H,3-6H2,1-2H3. The van der Waals surface area contributed by atoms with Crippen molar-refractivity contribution in [1.29, 1.82) is 0 Å². The van der Waals surface area contributed by atoms with Crippen molar-refractivity contribution in [3.8, 4) is 0 Å². The number of rotatable bonds is 8. The van der Waals surface area contributed by atoms with Crippen molar-refractivity contribution < 1.29 is 44.6 Å². The first-order valence-electron chi connectivity index (χ1n) is 8.56. The fourth-order valence-corrected chi connectivity index (χ4v) is 5.58. The van der Waals surface area contributed by atoms with Crippen molar-refractivity contribution in [3.63, 3.8) is 0 Å². The van der Waals surface area contributed by atoms with Crippen molar-refractivity contribution in [1.82, 2.24) is 10.1 Å². The summed E-state index contributed by atoms with van der Waals surface area (Å²) in [5, 5.41) is 0.163. The van der Waals surface area contributed by atoms with Gasteiger partial charge in [-0.3, -0.25) is 19.2 Å². The summed E-state index contributed by atoms with van der Waals surface area (Å²) in [4.78, 5) is 49.7. The van der Waals surface area contributed by atoms with Crippen LogP contribution in [-0.4, -0.2) is 62.1 Å². The largest absolute Gasteiger partial charge is 0.288 e. The summed E-state index contributed by atoms with van der Waals surface area (Å²) < 4.78 is 56.2. The summed E-state index contributed by atoms with van der Waals surface area (Å²) in [7, 11) is -8.38. The molecule has 2 aliphatic heterocycles. The Balaban J connectivity index is 1.81. The molecule has 28 heavy (non-hydrogen) atoms. The van der Waals surface area contributed by atoms with Gasteiger partial charge in [-0.1, -0.05) is 13.8 Å². The molecule has 14 heteroatoms. The summed E-state index contributed by atoms with van der Waals surface area (Å²) in [6, 6.07) is 0. The number of fused-ring (bicyclic) bond motifs is 4. The highest BCUT2D eigenvalue weighted by molar-refractivity contribution is 7.86. The van der Waals surface area contributed by atoms with Crippen LogP contribution in [0.15, 0.2) is 0 Å². The highest BCUT2D eigenvalue weighted by Crippen LogP contribution is 2.56. The molecule has 1 saturated carbocycles. The van der Waals surface area contributed by atoms with Crippen LogP contribution in [0.2, 0.25) is 0 Å². The number of carbonyl (C=O) groups excluding carboxylic acids is 4. The fourth-order valence-electron chi connectivity index (χ4n) is 3.68. The number of imide groups is 2. The lowest BCUT2D eigenvalue weighted by atomic mass is 9.59. The average Bonchev–Trinajstić information content (AvgIpc) is 2.84. The van der Waals surface area contributed by atoms with Crippen molar-refractivity contribution in [2.24, 2.45) is 23.7 Å². The Hall–Kier alpha value is -1.90. The Kier molecular flexibility index (Phi) is 5.10. The molecule has 0 aromatic carbocycles. The lowest BCUT2D eigenvalue weighted by Gasteiger charge is -2.35. The van der Waals surface area contributed by atoms with Gasteiger partial charge in [-0.25, -0.2) is 0 Å². The van der Waals surface area contributed by atoms with Crippen LogP contribution in [0.4, 0.5) is 0 Å². The number of hydrogen-bond donors (Lipinski definition) is 0. The topological polar surface area (TPSA) is 161 Å². The molecule has 3 aliphatic rings. The maximum Gasteiger partial charge on any atom is 0.288 e. The van der Waals surface area contributed by atoms with Crippen molar-refractivity contribution in [2.45, 2.75) is 26.7 Å². The summed E-state index contributed by atoms with van der Waals surface area (Å²) >= 11 is 0. The minimum absolute atomic E-state index is 0.0816. The van der Waals surface area contributed by atoms with E-state index in [0.717, 1.165) is 0 Å². The third-order valence-corrected chi connectivity index (χ3v) is 7.34. The van der Waals surface area contributed by atoms with E-state index in [-0.39, 0.29) is 23.0 Å². The second-order valence-electron chi connectivity index (χ2n) is 6.72. The highest BCUT2D eigenvalue weighted by Gasteiger charge is 2.75. The Morgan fingerprint density at radius 2 is 0.893 bits per heavy atom. The van der Waals surface area contributed by atoms with Crippen molar-refractivity contribution >= 4 is 43.9 Å². The summed E-state index contributed by atoms with van der Waals surface area (Å²) in [6.45, 7) is 3.11. The molecule has 0 aromatic heterocycles. The molecule has 0 aromatic rings. The highest BCUT2D eigenvalue weighted by atomic mass is 32.2. The summed E-state index contributed by atoms with van der Waals surface area (Å²) in [6.07, 6.45) is 0.373. The van der Waals surface area contributed by atoms with Gasteiger partial charge in [-0.2, -0.15) is 16.8 Å². The molecule has 3 fully saturated rings. The second-order valence-corrected chi connectivity index (χ2v) is 10.1. The molecule has 12 nitrogen and oxygen atoms in total. The van der Waals surface area contributed by atoms with Crippen molar-refractivity contribution in [3.05, 3.63) is 0 Å². The van der Waals surface area contributed by atoms with E-state index in [1.165, 1.54) is 0 Å². The number of hydrogen-bond acceptors (Lipinski definition) is 10. The van der Waals surface area contributed by atoms with Crippen LogP contribution in [-0.2, 0) is 48.0 Å². The van der Waals surface area contributed by atoms with Crippen LogP contribution in [0.5, 0.6) is 0 Å². The molecule has 156 valence electrons. The smallest absolute Gasteiger partial charge is 0.272 e. The van der Waals surface area contributed by atoms with Gasteiger partial charge in [0, 0.05) is 0 Å². The van der Waals surface area contributed by atoms with E-state index in [2.05, 4.69) is 8.57 Å². The lowest BCUT2D eigenvalue weighted by Crippen LogP contribution is -2.50. The number of carbonyl (C=O) groups is 4. The summed E-state index contributed by atoms with van der Waals surface area (Å²) in [5.41, 5.74) is 0. The monoisotopic (exact) mass is 438 g/mol. The van der Waals surface area contributed by atoms with Crippen LogP contribution in [0.3, 0.4) is 0 Å². The van der Waals surface area contributed by atoms with Gasteiger partial charge < -0.3 is 0 Å². The maximum atomic E-state index is 12.4. The molecule has 2 heterocycles. The van der Waals surface area contributed by atoms with Gasteiger partial charge in [-0.15, -0.1) is 18.7 Å². The molecule has 0 atom stereocenters. The molecule has 0 bridgehead atoms. The van der Waals surface area contributed by atoms with Gasteiger partial charge in [0.2, 0.25) is 0 Å². The SMILES string of the molecule is CCCS(=O)(=O)ON1C(=O)C2C(C1=O)C1C(=O)N(OS(=O)(=O)CCC)C(=O)C21. The normalized spacial score (nSPS) is 29.9. The Morgan fingerprint density at radius 1 is 0.643 bits per heavy atom. The average molecular weight is 438 g/mol. The quantitative estimate of drug-likeness (QED) is 0.410. The zero-order chi connectivity index (χ0) is 21.0. The van der Waals surface area contributed by atoms with E-state index >= 15 is 0 Å². The zero-order valence-electron chi connectivity index (χ0n) is 14.9. The van der Waals surface area contributed by atoms with E-state index in [1.807, 2.05) is 0 Å². The molecular weight excluding hydrogens is 420 g/mol. The number of hydroxylamine groups is 4. The molecule has 1 aliphatic carbocycles. The Bertz CT molecular complexity index is 831. The van der Waals surface area contributed by atoms with Gasteiger partial charge in [-0.05, 0) is 12.8 Å².